The number of aromatic nitrogens is 2. The Kier molecular flexibility index (Phi) is 11.1. The van der Waals surface area contributed by atoms with Crippen molar-refractivity contribution in [1.82, 2.24) is 25.1 Å². The zero-order valence-corrected chi connectivity index (χ0v) is 25.7. The first-order valence-corrected chi connectivity index (χ1v) is 14.7. The van der Waals surface area contributed by atoms with Gasteiger partial charge in [-0.05, 0) is 81.0 Å². The van der Waals surface area contributed by atoms with Crippen LogP contribution in [0.15, 0.2) is 71.5 Å². The molecule has 1 atom stereocenters. The van der Waals surface area contributed by atoms with E-state index in [0.717, 1.165) is 6.07 Å². The van der Waals surface area contributed by atoms with Crippen molar-refractivity contribution in [3.8, 4) is 11.4 Å². The van der Waals surface area contributed by atoms with Crippen molar-refractivity contribution < 1.29 is 31.9 Å². The average molecular weight is 642 g/mol. The molecule has 0 saturated heterocycles. The van der Waals surface area contributed by atoms with E-state index in [-0.39, 0.29) is 42.4 Å². The van der Waals surface area contributed by atoms with Crippen LogP contribution in [0.1, 0.15) is 43.3 Å². The maximum atomic E-state index is 14.4. The zero-order chi connectivity index (χ0) is 33.4. The maximum Gasteiger partial charge on any atom is 0.419 e. The number of alkyl halides is 3. The van der Waals surface area contributed by atoms with E-state index >= 15 is 0 Å². The number of ether oxygens (including phenoxy) is 1. The van der Waals surface area contributed by atoms with Gasteiger partial charge in [-0.15, -0.1) is 0 Å². The zero-order valence-electron chi connectivity index (χ0n) is 25.7. The highest BCUT2D eigenvalue weighted by Crippen LogP contribution is 2.32. The van der Waals surface area contributed by atoms with Crippen LogP contribution in [-0.4, -0.2) is 59.6 Å². The van der Waals surface area contributed by atoms with Crippen LogP contribution < -0.4 is 20.9 Å². The third-order valence-corrected chi connectivity index (χ3v) is 7.29. The molecule has 0 bridgehead atoms. The number of fused-ring (bicyclic) bond motifs is 1. The van der Waals surface area contributed by atoms with E-state index in [2.05, 4.69) is 10.6 Å². The largest absolute Gasteiger partial charge is 0.494 e. The lowest BCUT2D eigenvalue weighted by Gasteiger charge is -2.33. The molecule has 4 aromatic rings. The van der Waals surface area contributed by atoms with Crippen molar-refractivity contribution in [3.63, 3.8) is 0 Å². The summed E-state index contributed by atoms with van der Waals surface area (Å²) in [6, 6.07) is 15.1. The lowest BCUT2D eigenvalue weighted by Crippen LogP contribution is -2.44. The van der Waals surface area contributed by atoms with Crippen LogP contribution in [0, 0.1) is 5.82 Å². The molecule has 9 nitrogen and oxygen atoms in total. The molecule has 2 amide bonds. The maximum absolute atomic E-state index is 14.4. The fourth-order valence-corrected chi connectivity index (χ4v) is 5.17. The summed E-state index contributed by atoms with van der Waals surface area (Å²) in [5.41, 5.74) is -0.910. The van der Waals surface area contributed by atoms with E-state index in [1.165, 1.54) is 16.4 Å². The normalized spacial score (nSPS) is 12.2. The number of carbonyl (C=O) groups excluding carboxylic acids is 2. The molecule has 13 heteroatoms. The molecule has 1 aromatic heterocycles. The first kappa shape index (κ1) is 34.1. The summed E-state index contributed by atoms with van der Waals surface area (Å²) in [6.45, 7) is 4.02. The first-order valence-electron chi connectivity index (χ1n) is 14.7. The summed E-state index contributed by atoms with van der Waals surface area (Å²) in [5, 5.41) is 6.06. The van der Waals surface area contributed by atoms with E-state index in [9.17, 15) is 31.9 Å². The van der Waals surface area contributed by atoms with Gasteiger partial charge >= 0.3 is 6.18 Å². The number of amides is 2. The van der Waals surface area contributed by atoms with Crippen LogP contribution in [0.5, 0.6) is 5.75 Å². The number of rotatable bonds is 13. The summed E-state index contributed by atoms with van der Waals surface area (Å²) >= 11 is 0. The second-order valence-electron chi connectivity index (χ2n) is 10.5. The van der Waals surface area contributed by atoms with Crippen molar-refractivity contribution >= 4 is 22.7 Å². The number of benzene rings is 3. The highest BCUT2D eigenvalue weighted by atomic mass is 19.4. The highest BCUT2D eigenvalue weighted by Gasteiger charge is 2.35. The number of hydrogen-bond donors (Lipinski definition) is 2. The Morgan fingerprint density at radius 2 is 1.76 bits per heavy atom. The van der Waals surface area contributed by atoms with Crippen LogP contribution in [0.4, 0.5) is 17.6 Å². The van der Waals surface area contributed by atoms with Gasteiger partial charge < -0.3 is 20.3 Å². The molecule has 4 rings (SSSR count). The number of para-hydroxylation sites is 1. The van der Waals surface area contributed by atoms with Gasteiger partial charge in [0.1, 0.15) is 17.4 Å². The summed E-state index contributed by atoms with van der Waals surface area (Å²) in [7, 11) is 1.72. The standard InChI is InChI=1S/C33H35F4N5O4/c1-4-46-24-12-10-23(11-13-24)42-31(40-28-8-6-5-7-25(28)32(42)45)29(15-16-38-3)41(18-17-39-21(2)43)30(44)20-22-9-14-26(27(34)19-22)33(35,36)37/h5-14,19,29,38H,4,15-18,20H2,1-3H3,(H,39,43). The van der Waals surface area contributed by atoms with Crippen molar-refractivity contribution in [3.05, 3.63) is 99.9 Å². The van der Waals surface area contributed by atoms with Gasteiger partial charge in [0.05, 0.1) is 41.2 Å². The van der Waals surface area contributed by atoms with E-state index in [0.29, 0.717) is 47.6 Å². The molecule has 0 fully saturated rings. The second-order valence-corrected chi connectivity index (χ2v) is 10.5. The summed E-state index contributed by atoms with van der Waals surface area (Å²) in [4.78, 5) is 46.1. The SMILES string of the molecule is CCOc1ccc(-n2c(C(CCNC)N(CCNC(C)=O)C(=O)Cc3ccc(C(F)(F)F)c(F)c3)nc3ccccc3c2=O)cc1. The van der Waals surface area contributed by atoms with Crippen LogP contribution >= 0.6 is 0 Å². The van der Waals surface area contributed by atoms with Gasteiger partial charge in [0, 0.05) is 20.0 Å². The number of hydrogen-bond acceptors (Lipinski definition) is 6. The predicted molar refractivity (Wildman–Crippen MR) is 165 cm³/mol. The molecule has 0 saturated carbocycles. The van der Waals surface area contributed by atoms with Crippen LogP contribution in [-0.2, 0) is 22.2 Å². The van der Waals surface area contributed by atoms with E-state index in [4.69, 9.17) is 9.72 Å². The lowest BCUT2D eigenvalue weighted by molar-refractivity contribution is -0.140. The van der Waals surface area contributed by atoms with Gasteiger partial charge in [-0.2, -0.15) is 13.2 Å². The van der Waals surface area contributed by atoms with Gasteiger partial charge in [0.25, 0.3) is 5.56 Å². The molecule has 0 aliphatic carbocycles. The number of nitrogens with zero attached hydrogens (tertiary/aromatic N) is 3. The fraction of sp³-hybridized carbons (Fsp3) is 0.333. The molecule has 0 aliphatic rings. The number of nitrogens with one attached hydrogen (secondary N) is 2. The Morgan fingerprint density at radius 1 is 1.04 bits per heavy atom. The minimum absolute atomic E-state index is 0.0259. The quantitative estimate of drug-likeness (QED) is 0.203. The van der Waals surface area contributed by atoms with Crippen molar-refractivity contribution in [1.29, 1.82) is 0 Å². The third-order valence-electron chi connectivity index (χ3n) is 7.29. The molecule has 2 N–H and O–H groups in total. The van der Waals surface area contributed by atoms with Crippen molar-refractivity contribution in [2.45, 2.75) is 38.9 Å². The summed E-state index contributed by atoms with van der Waals surface area (Å²) in [6.07, 6.45) is -5.06. The first-order chi connectivity index (χ1) is 21.9. The van der Waals surface area contributed by atoms with E-state index < -0.39 is 35.9 Å². The average Bonchev–Trinajstić information content (AvgIpc) is 3.00. The second kappa shape index (κ2) is 15.0. The molecule has 1 unspecified atom stereocenters. The van der Waals surface area contributed by atoms with Crippen LogP contribution in [0.2, 0.25) is 0 Å². The topological polar surface area (TPSA) is 106 Å². The lowest BCUT2D eigenvalue weighted by atomic mass is 10.0. The Labute approximate surface area is 263 Å². The minimum atomic E-state index is -4.89. The van der Waals surface area contributed by atoms with Gasteiger partial charge in [0.15, 0.2) is 0 Å². The Balaban J connectivity index is 1.86. The van der Waals surface area contributed by atoms with Crippen molar-refractivity contribution in [2.24, 2.45) is 0 Å². The minimum Gasteiger partial charge on any atom is -0.494 e. The predicted octanol–water partition coefficient (Wildman–Crippen LogP) is 4.80. The number of carbonyl (C=O) groups is 2. The smallest absolute Gasteiger partial charge is 0.419 e. The van der Waals surface area contributed by atoms with Gasteiger partial charge in [-0.1, -0.05) is 18.2 Å². The van der Waals surface area contributed by atoms with Gasteiger partial charge in [0.2, 0.25) is 11.8 Å². The number of halogens is 4. The Morgan fingerprint density at radius 3 is 2.39 bits per heavy atom. The molecule has 244 valence electrons. The fourth-order valence-electron chi connectivity index (χ4n) is 5.17. The molecular weight excluding hydrogens is 606 g/mol. The third kappa shape index (κ3) is 8.08. The molecule has 0 spiro atoms. The Bertz CT molecular complexity index is 1740. The summed E-state index contributed by atoms with van der Waals surface area (Å²) < 4.78 is 60.9. The molecule has 46 heavy (non-hydrogen) atoms. The molecule has 0 aliphatic heterocycles. The van der Waals surface area contributed by atoms with Crippen LogP contribution in [0.25, 0.3) is 16.6 Å². The van der Waals surface area contributed by atoms with Gasteiger partial charge in [-0.25, -0.2) is 9.37 Å². The molecule has 0 radical (unpaired) electrons. The molecule has 1 heterocycles. The Hall–Kier alpha value is -4.78. The van der Waals surface area contributed by atoms with E-state index in [1.54, 1.807) is 55.6 Å². The monoisotopic (exact) mass is 641 g/mol. The van der Waals surface area contributed by atoms with Crippen LogP contribution in [0.3, 0.4) is 0 Å². The van der Waals surface area contributed by atoms with Gasteiger partial charge in [-0.3, -0.25) is 19.0 Å². The van der Waals surface area contributed by atoms with E-state index in [1.807, 2.05) is 6.92 Å². The summed E-state index contributed by atoms with van der Waals surface area (Å²) in [5.74, 6) is -1.56. The molecule has 3 aromatic carbocycles. The highest BCUT2D eigenvalue weighted by molar-refractivity contribution is 5.80. The molecular formula is C33H35F4N5O4. The van der Waals surface area contributed by atoms with Crippen molar-refractivity contribution in [2.75, 3.05) is 33.3 Å².